The van der Waals surface area contributed by atoms with Gasteiger partial charge in [-0.2, -0.15) is 19.6 Å². The first-order chi connectivity index (χ1) is 14.4. The molecule has 8 nitrogen and oxygen atoms in total. The molecule has 4 N–H and O–H groups in total. The van der Waals surface area contributed by atoms with E-state index < -0.39 is 11.1 Å². The van der Waals surface area contributed by atoms with Crippen LogP contribution in [0.5, 0.6) is 0 Å². The highest BCUT2D eigenvalue weighted by molar-refractivity contribution is 6.33. The molecular weight excluding hydrogens is 427 g/mol. The summed E-state index contributed by atoms with van der Waals surface area (Å²) in [5.41, 5.74) is 11.8. The molecule has 0 fully saturated rings. The number of nitrogens with two attached hydrogens (primary N) is 2. The number of halogens is 2. The topological polar surface area (TPSA) is 122 Å². The van der Waals surface area contributed by atoms with Crippen LogP contribution in [0.3, 0.4) is 0 Å². The standard InChI is InChI=1S/2C10H8ClN3O/c2*11-9-8(12)6-13-14(10(9)15)7-4-2-1-3-5-7/h2*1-6H,12H2. The predicted octanol–water partition coefficient (Wildman–Crippen LogP) is 2.94. The smallest absolute Gasteiger partial charge is 0.292 e. The van der Waals surface area contributed by atoms with Crippen LogP contribution in [0.2, 0.25) is 10.0 Å². The minimum absolute atomic E-state index is 0.00569. The molecule has 10 heteroatoms. The lowest BCUT2D eigenvalue weighted by molar-refractivity contribution is 0.809. The summed E-state index contributed by atoms with van der Waals surface area (Å²) in [6.07, 6.45) is 2.72. The lowest BCUT2D eigenvalue weighted by Gasteiger charge is -2.04. The zero-order valence-corrected chi connectivity index (χ0v) is 17.0. The zero-order valence-electron chi connectivity index (χ0n) is 15.4. The average molecular weight is 443 g/mol. The van der Waals surface area contributed by atoms with Crippen molar-refractivity contribution >= 4 is 34.6 Å². The molecule has 2 aromatic heterocycles. The van der Waals surface area contributed by atoms with Crippen LogP contribution < -0.4 is 22.6 Å². The Balaban J connectivity index is 0.000000171. The first-order valence-electron chi connectivity index (χ1n) is 8.57. The zero-order chi connectivity index (χ0) is 21.7. The molecule has 0 aliphatic rings. The van der Waals surface area contributed by atoms with Crippen LogP contribution in [0.15, 0.2) is 82.6 Å². The third kappa shape index (κ3) is 4.51. The van der Waals surface area contributed by atoms with Gasteiger partial charge >= 0.3 is 0 Å². The van der Waals surface area contributed by atoms with Gasteiger partial charge in [0.25, 0.3) is 11.1 Å². The van der Waals surface area contributed by atoms with E-state index >= 15 is 0 Å². The molecule has 2 heterocycles. The normalized spacial score (nSPS) is 10.2. The average Bonchev–Trinajstić information content (AvgIpc) is 2.78. The van der Waals surface area contributed by atoms with E-state index in [4.69, 9.17) is 34.7 Å². The van der Waals surface area contributed by atoms with E-state index in [2.05, 4.69) is 10.2 Å². The van der Waals surface area contributed by atoms with Crippen LogP contribution in [-0.2, 0) is 0 Å². The number of nitrogens with zero attached hydrogens (tertiary/aromatic N) is 4. The van der Waals surface area contributed by atoms with Gasteiger partial charge in [-0.25, -0.2) is 0 Å². The fraction of sp³-hybridized carbons (Fsp3) is 0. The van der Waals surface area contributed by atoms with E-state index in [9.17, 15) is 9.59 Å². The van der Waals surface area contributed by atoms with E-state index in [0.717, 1.165) is 0 Å². The van der Waals surface area contributed by atoms with Crippen LogP contribution in [0.4, 0.5) is 11.4 Å². The molecule has 2 aromatic carbocycles. The second kappa shape index (κ2) is 9.25. The van der Waals surface area contributed by atoms with Crippen molar-refractivity contribution in [3.05, 3.63) is 104 Å². The van der Waals surface area contributed by atoms with Gasteiger partial charge < -0.3 is 11.5 Å². The molecule has 0 bridgehead atoms. The molecule has 0 unspecified atom stereocenters. The van der Waals surface area contributed by atoms with Gasteiger partial charge in [0.1, 0.15) is 10.0 Å². The molecule has 0 atom stereocenters. The second-order valence-corrected chi connectivity index (χ2v) is 6.69. The quantitative estimate of drug-likeness (QED) is 0.491. The van der Waals surface area contributed by atoms with Gasteiger partial charge in [0.05, 0.1) is 35.1 Å². The summed E-state index contributed by atoms with van der Waals surface area (Å²) in [4.78, 5) is 23.4. The maximum Gasteiger partial charge on any atom is 0.292 e. The first kappa shape index (κ1) is 21.1. The molecule has 0 radical (unpaired) electrons. The molecule has 0 saturated carbocycles. The Morgan fingerprint density at radius 3 is 1.30 bits per heavy atom. The summed E-state index contributed by atoms with van der Waals surface area (Å²) in [7, 11) is 0. The van der Waals surface area contributed by atoms with Gasteiger partial charge in [-0.15, -0.1) is 0 Å². The number of aromatic nitrogens is 4. The van der Waals surface area contributed by atoms with Gasteiger partial charge in [-0.05, 0) is 24.3 Å². The van der Waals surface area contributed by atoms with E-state index in [1.54, 1.807) is 24.3 Å². The fourth-order valence-corrected chi connectivity index (χ4v) is 2.65. The van der Waals surface area contributed by atoms with E-state index in [1.165, 1.54) is 21.8 Å². The molecule has 30 heavy (non-hydrogen) atoms. The summed E-state index contributed by atoms with van der Waals surface area (Å²) in [5.74, 6) is 0. The van der Waals surface area contributed by atoms with Gasteiger partial charge in [-0.1, -0.05) is 59.6 Å². The SMILES string of the molecule is Nc1cnn(-c2ccccc2)c(=O)c1Cl.Nc1cnn(-c2ccccc2)c(=O)c1Cl. The summed E-state index contributed by atoms with van der Waals surface area (Å²) < 4.78 is 2.41. The summed E-state index contributed by atoms with van der Waals surface area (Å²) in [5, 5.41) is 7.80. The fourth-order valence-electron chi connectivity index (χ4n) is 2.40. The first-order valence-corrected chi connectivity index (χ1v) is 9.33. The maximum absolute atomic E-state index is 11.7. The van der Waals surface area contributed by atoms with Crippen LogP contribution in [-0.4, -0.2) is 19.6 Å². The van der Waals surface area contributed by atoms with Gasteiger partial charge in [-0.3, -0.25) is 9.59 Å². The highest BCUT2D eigenvalue weighted by Crippen LogP contribution is 2.13. The largest absolute Gasteiger partial charge is 0.396 e. The Labute approximate surface area is 180 Å². The van der Waals surface area contributed by atoms with Crippen molar-refractivity contribution in [2.75, 3.05) is 11.5 Å². The highest BCUT2D eigenvalue weighted by atomic mass is 35.5. The maximum atomic E-state index is 11.7. The molecule has 4 rings (SSSR count). The third-order valence-corrected chi connectivity index (χ3v) is 4.65. The summed E-state index contributed by atoms with van der Waals surface area (Å²) >= 11 is 11.5. The molecular formula is C20H16Cl2N6O2. The van der Waals surface area contributed by atoms with Crippen molar-refractivity contribution in [1.82, 2.24) is 19.6 Å². The van der Waals surface area contributed by atoms with Gasteiger partial charge in [0.15, 0.2) is 0 Å². The van der Waals surface area contributed by atoms with Crippen molar-refractivity contribution in [2.24, 2.45) is 0 Å². The lowest BCUT2D eigenvalue weighted by Crippen LogP contribution is -2.22. The number of nitrogen functional groups attached to an aromatic ring is 2. The van der Waals surface area contributed by atoms with E-state index in [-0.39, 0.29) is 21.4 Å². The van der Waals surface area contributed by atoms with Gasteiger partial charge in [0.2, 0.25) is 0 Å². The second-order valence-electron chi connectivity index (χ2n) is 5.93. The van der Waals surface area contributed by atoms with Crippen molar-refractivity contribution in [3.63, 3.8) is 0 Å². The molecule has 0 aliphatic heterocycles. The number of para-hydroxylation sites is 2. The van der Waals surface area contributed by atoms with Crippen molar-refractivity contribution in [3.8, 4) is 11.4 Å². The number of hydrogen-bond donors (Lipinski definition) is 2. The Morgan fingerprint density at radius 1 is 0.633 bits per heavy atom. The molecule has 0 spiro atoms. The molecule has 0 saturated heterocycles. The molecule has 0 aliphatic carbocycles. The highest BCUT2D eigenvalue weighted by Gasteiger charge is 2.08. The molecule has 4 aromatic rings. The lowest BCUT2D eigenvalue weighted by atomic mass is 10.3. The van der Waals surface area contributed by atoms with Crippen molar-refractivity contribution in [1.29, 1.82) is 0 Å². The Hall–Kier alpha value is -3.62. The summed E-state index contributed by atoms with van der Waals surface area (Å²) in [6.45, 7) is 0. The van der Waals surface area contributed by atoms with Gasteiger partial charge in [0, 0.05) is 0 Å². The number of anilines is 2. The monoisotopic (exact) mass is 442 g/mol. The van der Waals surface area contributed by atoms with Crippen LogP contribution in [0.25, 0.3) is 11.4 Å². The van der Waals surface area contributed by atoms with Crippen LogP contribution in [0.1, 0.15) is 0 Å². The minimum Gasteiger partial charge on any atom is -0.396 e. The molecule has 152 valence electrons. The van der Waals surface area contributed by atoms with E-state index in [1.807, 2.05) is 36.4 Å². The van der Waals surface area contributed by atoms with Crippen LogP contribution in [0, 0.1) is 0 Å². The Kier molecular flexibility index (Phi) is 6.51. The Bertz CT molecular complexity index is 1170. The number of benzene rings is 2. The van der Waals surface area contributed by atoms with E-state index in [0.29, 0.717) is 11.4 Å². The molecule has 0 amide bonds. The predicted molar refractivity (Wildman–Crippen MR) is 119 cm³/mol. The van der Waals surface area contributed by atoms with Crippen LogP contribution >= 0.6 is 23.2 Å². The third-order valence-electron chi connectivity index (χ3n) is 3.89. The van der Waals surface area contributed by atoms with Crippen molar-refractivity contribution < 1.29 is 0 Å². The Morgan fingerprint density at radius 2 is 0.967 bits per heavy atom. The number of hydrogen-bond acceptors (Lipinski definition) is 6. The number of rotatable bonds is 2. The minimum atomic E-state index is -0.414. The van der Waals surface area contributed by atoms with Crippen molar-refractivity contribution in [2.45, 2.75) is 0 Å². The summed E-state index contributed by atoms with van der Waals surface area (Å²) in [6, 6.07) is 18.0.